The van der Waals surface area contributed by atoms with Crippen LogP contribution in [0.4, 0.5) is 32.0 Å². The molecule has 166 valence electrons. The highest BCUT2D eigenvalue weighted by atomic mass is 32.2. The van der Waals surface area contributed by atoms with Crippen LogP contribution >= 0.6 is 0 Å². The Morgan fingerprint density at radius 1 is 1.17 bits per heavy atom. The summed E-state index contributed by atoms with van der Waals surface area (Å²) in [6.07, 6.45) is -2.24. The van der Waals surface area contributed by atoms with Crippen LogP contribution in [0, 0.1) is 11.6 Å². The van der Waals surface area contributed by atoms with Gasteiger partial charge in [-0.2, -0.15) is 8.78 Å². The Kier molecular flexibility index (Phi) is 5.96. The number of hydrogen-bond donors (Lipinski definition) is 2. The number of hydrogen-bond acceptors (Lipinski definition) is 4. The van der Waals surface area contributed by atoms with E-state index in [-0.39, 0.29) is 41.5 Å². The number of benzene rings is 1. The van der Waals surface area contributed by atoms with Crippen LogP contribution in [0.1, 0.15) is 17.7 Å². The van der Waals surface area contributed by atoms with Crippen molar-refractivity contribution in [2.24, 2.45) is 0 Å². The first-order valence-electron chi connectivity index (χ1n) is 8.48. The monoisotopic (exact) mass is 458 g/mol. The second-order valence-electron chi connectivity index (χ2n) is 6.60. The average molecular weight is 458 g/mol. The highest BCUT2D eigenvalue weighted by Gasteiger charge is 2.45. The molecule has 0 saturated carbocycles. The summed E-state index contributed by atoms with van der Waals surface area (Å²) in [5.41, 5.74) is -2.16. The van der Waals surface area contributed by atoms with E-state index in [0.717, 1.165) is 13.3 Å². The summed E-state index contributed by atoms with van der Waals surface area (Å²) >= 11 is 0. The van der Waals surface area contributed by atoms with Gasteiger partial charge in [-0.05, 0) is 18.4 Å². The topological polar surface area (TPSA) is 80.4 Å². The number of rotatable bonds is 7. The molecular weight excluding hydrogens is 442 g/mol. The number of H-pyrrole nitrogens is 1. The van der Waals surface area contributed by atoms with Crippen LogP contribution in [-0.2, 0) is 27.6 Å². The Morgan fingerprint density at radius 3 is 2.47 bits per heavy atom. The molecule has 1 aromatic heterocycles. The molecule has 0 saturated heterocycles. The van der Waals surface area contributed by atoms with Crippen molar-refractivity contribution in [1.29, 1.82) is 0 Å². The first-order valence-corrected chi connectivity index (χ1v) is 9.96. The summed E-state index contributed by atoms with van der Waals surface area (Å²) in [6, 6.07) is 0.637. The second-order valence-corrected chi connectivity index (χ2v) is 8.25. The predicted octanol–water partition coefficient (Wildman–Crippen LogP) is 3.83. The third-order valence-corrected chi connectivity index (χ3v) is 6.32. The van der Waals surface area contributed by atoms with Crippen LogP contribution in [0.2, 0.25) is 0 Å². The SMILES string of the molecule is CO[C@]1(C(F)F)CCc2c(S(=O)(=O)Nc3cc(F)c(OC(F)F)cc3F)c[nH]c2C1. The van der Waals surface area contributed by atoms with E-state index in [1.165, 1.54) is 0 Å². The lowest BCUT2D eigenvalue weighted by molar-refractivity contribution is -0.128. The van der Waals surface area contributed by atoms with Gasteiger partial charge in [0.25, 0.3) is 16.4 Å². The van der Waals surface area contributed by atoms with Crippen molar-refractivity contribution in [3.8, 4) is 5.75 Å². The molecule has 1 atom stereocenters. The molecule has 2 N–H and O–H groups in total. The third-order valence-electron chi connectivity index (χ3n) is 4.89. The standard InChI is InChI=1S/C17H16F6N2O4S/c1-28-17(15(20)21)3-2-8-12(6-17)24-7-14(8)30(26,27)25-11-4-10(19)13(5-9(11)18)29-16(22)23/h4-5,7,15-16,24-25H,2-3,6H2,1H3/t17-/m1/s1. The van der Waals surface area contributed by atoms with Crippen LogP contribution in [0.3, 0.4) is 0 Å². The Hall–Kier alpha value is -2.41. The van der Waals surface area contributed by atoms with E-state index in [4.69, 9.17) is 4.74 Å². The molecular formula is C17H16F6N2O4S. The normalized spacial score (nSPS) is 19.2. The van der Waals surface area contributed by atoms with Crippen molar-refractivity contribution in [2.75, 3.05) is 11.8 Å². The maximum absolute atomic E-state index is 14.1. The van der Waals surface area contributed by atoms with Gasteiger partial charge in [-0.15, -0.1) is 0 Å². The van der Waals surface area contributed by atoms with Gasteiger partial charge in [0.1, 0.15) is 10.5 Å². The number of anilines is 1. The van der Waals surface area contributed by atoms with E-state index in [1.807, 2.05) is 4.72 Å². The maximum atomic E-state index is 14.1. The van der Waals surface area contributed by atoms with Crippen molar-refractivity contribution in [2.45, 2.75) is 42.8 Å². The fourth-order valence-corrected chi connectivity index (χ4v) is 4.63. The zero-order chi connectivity index (χ0) is 22.3. The molecule has 13 heteroatoms. The van der Waals surface area contributed by atoms with E-state index in [0.29, 0.717) is 6.07 Å². The van der Waals surface area contributed by atoms with E-state index >= 15 is 0 Å². The highest BCUT2D eigenvalue weighted by Crippen LogP contribution is 2.38. The number of nitrogens with one attached hydrogen (secondary N) is 2. The number of aromatic amines is 1. The Morgan fingerprint density at radius 2 is 1.87 bits per heavy atom. The molecule has 0 bridgehead atoms. The zero-order valence-corrected chi connectivity index (χ0v) is 16.1. The summed E-state index contributed by atoms with van der Waals surface area (Å²) < 4.78 is 115. The van der Waals surface area contributed by atoms with Gasteiger partial charge in [-0.1, -0.05) is 0 Å². The first kappa shape index (κ1) is 22.3. The largest absolute Gasteiger partial charge is 0.432 e. The predicted molar refractivity (Wildman–Crippen MR) is 92.4 cm³/mol. The molecule has 0 radical (unpaired) electrons. The molecule has 0 spiro atoms. The van der Waals surface area contributed by atoms with Crippen LogP contribution < -0.4 is 9.46 Å². The van der Waals surface area contributed by atoms with Crippen molar-refractivity contribution >= 4 is 15.7 Å². The molecule has 1 aromatic carbocycles. The summed E-state index contributed by atoms with van der Waals surface area (Å²) in [4.78, 5) is 2.29. The van der Waals surface area contributed by atoms with E-state index < -0.39 is 51.7 Å². The van der Waals surface area contributed by atoms with Crippen LogP contribution in [0.5, 0.6) is 5.75 Å². The Labute approximate surface area is 167 Å². The van der Waals surface area contributed by atoms with E-state index in [1.54, 1.807) is 0 Å². The average Bonchev–Trinajstić information content (AvgIpc) is 3.08. The number of halogens is 6. The number of methoxy groups -OCH3 is 1. The highest BCUT2D eigenvalue weighted by molar-refractivity contribution is 7.92. The molecule has 6 nitrogen and oxygen atoms in total. The van der Waals surface area contributed by atoms with Gasteiger partial charge in [0.2, 0.25) is 0 Å². The molecule has 0 aliphatic heterocycles. The van der Waals surface area contributed by atoms with E-state index in [9.17, 15) is 34.8 Å². The minimum Gasteiger partial charge on any atom is -0.432 e. The molecule has 2 aromatic rings. The molecule has 1 aliphatic carbocycles. The first-order chi connectivity index (χ1) is 14.0. The van der Waals surface area contributed by atoms with Gasteiger partial charge in [0.05, 0.1) is 5.69 Å². The summed E-state index contributed by atoms with van der Waals surface area (Å²) in [5.74, 6) is -3.85. The molecule has 0 amide bonds. The quantitative estimate of drug-likeness (QED) is 0.618. The number of aromatic nitrogens is 1. The second kappa shape index (κ2) is 8.02. The van der Waals surface area contributed by atoms with Gasteiger partial charge in [-0.3, -0.25) is 4.72 Å². The van der Waals surface area contributed by atoms with Crippen LogP contribution in [0.15, 0.2) is 23.2 Å². The van der Waals surface area contributed by atoms with Crippen molar-refractivity contribution in [3.63, 3.8) is 0 Å². The van der Waals surface area contributed by atoms with E-state index in [2.05, 4.69) is 9.72 Å². The molecule has 1 aliphatic rings. The maximum Gasteiger partial charge on any atom is 0.387 e. The summed E-state index contributed by atoms with van der Waals surface area (Å²) in [7, 11) is -3.32. The van der Waals surface area contributed by atoms with Crippen molar-refractivity contribution in [3.05, 3.63) is 41.2 Å². The zero-order valence-electron chi connectivity index (χ0n) is 15.3. The lowest BCUT2D eigenvalue weighted by Crippen LogP contribution is -2.44. The Bertz CT molecular complexity index is 1040. The molecule has 30 heavy (non-hydrogen) atoms. The number of alkyl halides is 4. The number of ether oxygens (including phenoxy) is 2. The smallest absolute Gasteiger partial charge is 0.387 e. The third kappa shape index (κ3) is 4.08. The van der Waals surface area contributed by atoms with Crippen LogP contribution in [0.25, 0.3) is 0 Å². The van der Waals surface area contributed by atoms with Gasteiger partial charge >= 0.3 is 6.61 Å². The number of sulfonamides is 1. The minimum absolute atomic E-state index is 0.0642. The lowest BCUT2D eigenvalue weighted by Gasteiger charge is -2.35. The van der Waals surface area contributed by atoms with Gasteiger partial charge in [0.15, 0.2) is 17.4 Å². The molecule has 3 rings (SSSR count). The van der Waals surface area contributed by atoms with Crippen LogP contribution in [-0.4, -0.2) is 39.1 Å². The Balaban J connectivity index is 1.89. The summed E-state index contributed by atoms with van der Waals surface area (Å²) in [6.45, 7) is -3.40. The lowest BCUT2D eigenvalue weighted by atomic mass is 9.84. The molecule has 0 unspecified atom stereocenters. The number of fused-ring (bicyclic) bond motifs is 1. The molecule has 0 fully saturated rings. The summed E-state index contributed by atoms with van der Waals surface area (Å²) in [5, 5.41) is 0. The fraction of sp³-hybridized carbons (Fsp3) is 0.412. The van der Waals surface area contributed by atoms with Crippen molar-refractivity contribution < 1.29 is 44.2 Å². The fourth-order valence-electron chi connectivity index (χ4n) is 3.31. The van der Waals surface area contributed by atoms with Crippen molar-refractivity contribution in [1.82, 2.24) is 4.98 Å². The minimum atomic E-state index is -4.46. The van der Waals surface area contributed by atoms with Gasteiger partial charge < -0.3 is 14.5 Å². The van der Waals surface area contributed by atoms with Gasteiger partial charge in [0, 0.05) is 37.6 Å². The molecule has 1 heterocycles. The van der Waals surface area contributed by atoms with Gasteiger partial charge in [-0.25, -0.2) is 26.0 Å².